The van der Waals surface area contributed by atoms with Gasteiger partial charge in [0, 0.05) is 11.0 Å². The lowest BCUT2D eigenvalue weighted by Crippen LogP contribution is -2.05. The molecule has 0 saturated carbocycles. The number of hydrogen-bond acceptors (Lipinski definition) is 2. The summed E-state index contributed by atoms with van der Waals surface area (Å²) >= 11 is 3.53. The summed E-state index contributed by atoms with van der Waals surface area (Å²) in [5, 5.41) is 0. The van der Waals surface area contributed by atoms with Crippen LogP contribution in [-0.2, 0) is 13.2 Å². The maximum Gasteiger partial charge on any atom is 0.123 e. The first-order valence-corrected chi connectivity index (χ1v) is 7.17. The van der Waals surface area contributed by atoms with Crippen molar-refractivity contribution in [3.63, 3.8) is 0 Å². The van der Waals surface area contributed by atoms with Crippen molar-refractivity contribution in [1.29, 1.82) is 0 Å². The Labute approximate surface area is 126 Å². The molecule has 0 spiro atoms. The van der Waals surface area contributed by atoms with Crippen LogP contribution in [0.3, 0.4) is 0 Å². The van der Waals surface area contributed by atoms with Crippen LogP contribution < -0.4 is 10.5 Å². The number of benzene rings is 2. The lowest BCUT2D eigenvalue weighted by Gasteiger charge is -2.12. The van der Waals surface area contributed by atoms with Crippen molar-refractivity contribution >= 4 is 15.9 Å². The highest BCUT2D eigenvalue weighted by molar-refractivity contribution is 9.10. The summed E-state index contributed by atoms with van der Waals surface area (Å²) in [7, 11) is 0. The van der Waals surface area contributed by atoms with Gasteiger partial charge in [-0.1, -0.05) is 22.0 Å². The fourth-order valence-corrected chi connectivity index (χ4v) is 2.30. The third-order valence-corrected chi connectivity index (χ3v) is 4.44. The van der Waals surface area contributed by atoms with Gasteiger partial charge in [0.15, 0.2) is 0 Å². The normalized spacial score (nSPS) is 10.7. The Kier molecular flexibility index (Phi) is 4.78. The summed E-state index contributed by atoms with van der Waals surface area (Å²) in [4.78, 5) is 0. The summed E-state index contributed by atoms with van der Waals surface area (Å²) in [5.41, 5.74) is 9.56. The van der Waals surface area contributed by atoms with E-state index < -0.39 is 0 Å². The first-order chi connectivity index (χ1) is 9.51. The van der Waals surface area contributed by atoms with Gasteiger partial charge in [0.05, 0.1) is 0 Å². The molecule has 106 valence electrons. The Balaban J connectivity index is 2.17. The van der Waals surface area contributed by atoms with Crippen LogP contribution in [0.5, 0.6) is 5.75 Å². The van der Waals surface area contributed by atoms with Gasteiger partial charge < -0.3 is 10.5 Å². The molecule has 0 aliphatic heterocycles. The second-order valence-corrected chi connectivity index (χ2v) is 5.57. The van der Waals surface area contributed by atoms with Crippen LogP contribution in [0.25, 0.3) is 0 Å². The van der Waals surface area contributed by atoms with Gasteiger partial charge in [0.25, 0.3) is 0 Å². The molecule has 0 atom stereocenters. The number of hydrogen-bond donors (Lipinski definition) is 1. The standard InChI is InChI=1S/C16H17BrFNO/c1-10-5-15(6-11(2)16(10)17)20-9-12-3-4-14(18)7-13(12)8-19/h3-7H,8-9,19H2,1-2H3. The van der Waals surface area contributed by atoms with Gasteiger partial charge in [0.1, 0.15) is 18.2 Å². The van der Waals surface area contributed by atoms with E-state index in [0.717, 1.165) is 32.5 Å². The molecule has 0 fully saturated rings. The zero-order valence-corrected chi connectivity index (χ0v) is 13.1. The van der Waals surface area contributed by atoms with E-state index in [-0.39, 0.29) is 5.82 Å². The van der Waals surface area contributed by atoms with Crippen LogP contribution >= 0.6 is 15.9 Å². The molecule has 0 heterocycles. The molecule has 20 heavy (non-hydrogen) atoms. The van der Waals surface area contributed by atoms with Crippen LogP contribution in [0.15, 0.2) is 34.8 Å². The van der Waals surface area contributed by atoms with E-state index in [0.29, 0.717) is 13.2 Å². The molecule has 0 aliphatic carbocycles. The molecule has 0 amide bonds. The predicted octanol–water partition coefficient (Wildman–Crippen LogP) is 4.24. The minimum absolute atomic E-state index is 0.274. The summed E-state index contributed by atoms with van der Waals surface area (Å²) in [6, 6.07) is 8.55. The van der Waals surface area contributed by atoms with E-state index in [4.69, 9.17) is 10.5 Å². The van der Waals surface area contributed by atoms with Gasteiger partial charge in [-0.15, -0.1) is 0 Å². The number of halogens is 2. The van der Waals surface area contributed by atoms with Gasteiger partial charge >= 0.3 is 0 Å². The number of rotatable bonds is 4. The van der Waals surface area contributed by atoms with Gasteiger partial charge in [-0.2, -0.15) is 0 Å². The molecular formula is C16H17BrFNO. The largest absolute Gasteiger partial charge is 0.489 e. The molecule has 2 N–H and O–H groups in total. The van der Waals surface area contributed by atoms with Crippen molar-refractivity contribution < 1.29 is 9.13 Å². The Morgan fingerprint density at radius 2 is 1.75 bits per heavy atom. The van der Waals surface area contributed by atoms with E-state index in [1.54, 1.807) is 6.07 Å². The lowest BCUT2D eigenvalue weighted by atomic mass is 10.1. The molecule has 4 heteroatoms. The first-order valence-electron chi connectivity index (χ1n) is 6.38. The highest BCUT2D eigenvalue weighted by Gasteiger charge is 2.06. The van der Waals surface area contributed by atoms with E-state index in [1.807, 2.05) is 26.0 Å². The van der Waals surface area contributed by atoms with Crippen molar-refractivity contribution in [3.8, 4) is 5.75 Å². The molecule has 0 unspecified atom stereocenters. The summed E-state index contributed by atoms with van der Waals surface area (Å²) in [6.07, 6.45) is 0. The zero-order chi connectivity index (χ0) is 14.7. The van der Waals surface area contributed by atoms with Crippen molar-refractivity contribution in [2.75, 3.05) is 0 Å². The average molecular weight is 338 g/mol. The highest BCUT2D eigenvalue weighted by Crippen LogP contribution is 2.27. The molecular weight excluding hydrogens is 321 g/mol. The molecule has 0 saturated heterocycles. The Morgan fingerprint density at radius 1 is 1.10 bits per heavy atom. The lowest BCUT2D eigenvalue weighted by molar-refractivity contribution is 0.304. The van der Waals surface area contributed by atoms with Gasteiger partial charge in [0.2, 0.25) is 0 Å². The van der Waals surface area contributed by atoms with Gasteiger partial charge in [-0.3, -0.25) is 0 Å². The van der Waals surface area contributed by atoms with Crippen LogP contribution in [0, 0.1) is 19.7 Å². The van der Waals surface area contributed by atoms with Crippen LogP contribution in [0.1, 0.15) is 22.3 Å². The topological polar surface area (TPSA) is 35.2 Å². The fourth-order valence-electron chi connectivity index (χ4n) is 2.08. The summed E-state index contributed by atoms with van der Waals surface area (Å²) in [5.74, 6) is 0.528. The Morgan fingerprint density at radius 3 is 2.35 bits per heavy atom. The molecule has 2 rings (SSSR count). The van der Waals surface area contributed by atoms with Crippen molar-refractivity contribution in [2.24, 2.45) is 5.73 Å². The Bertz CT molecular complexity index is 605. The van der Waals surface area contributed by atoms with Crippen LogP contribution in [0.4, 0.5) is 4.39 Å². The van der Waals surface area contributed by atoms with Crippen LogP contribution in [-0.4, -0.2) is 0 Å². The molecule has 2 aromatic rings. The highest BCUT2D eigenvalue weighted by atomic mass is 79.9. The second-order valence-electron chi connectivity index (χ2n) is 4.78. The second kappa shape index (κ2) is 6.37. The van der Waals surface area contributed by atoms with Crippen molar-refractivity contribution in [3.05, 3.63) is 62.9 Å². The maximum absolute atomic E-state index is 13.1. The zero-order valence-electron chi connectivity index (χ0n) is 11.5. The monoisotopic (exact) mass is 337 g/mol. The summed E-state index contributed by atoms with van der Waals surface area (Å²) in [6.45, 7) is 4.72. The third kappa shape index (κ3) is 3.38. The average Bonchev–Trinajstić information content (AvgIpc) is 2.43. The third-order valence-electron chi connectivity index (χ3n) is 3.19. The molecule has 0 aromatic heterocycles. The SMILES string of the molecule is Cc1cc(OCc2ccc(F)cc2CN)cc(C)c1Br. The Hall–Kier alpha value is -1.39. The molecule has 2 aromatic carbocycles. The number of ether oxygens (including phenoxy) is 1. The minimum Gasteiger partial charge on any atom is -0.489 e. The van der Waals surface area contributed by atoms with E-state index in [9.17, 15) is 4.39 Å². The first kappa shape index (κ1) is 15.0. The van der Waals surface area contributed by atoms with E-state index in [1.165, 1.54) is 12.1 Å². The fraction of sp³-hybridized carbons (Fsp3) is 0.250. The van der Waals surface area contributed by atoms with E-state index in [2.05, 4.69) is 15.9 Å². The van der Waals surface area contributed by atoms with Gasteiger partial charge in [-0.25, -0.2) is 4.39 Å². The number of aryl methyl sites for hydroxylation is 2. The molecule has 2 nitrogen and oxygen atoms in total. The predicted molar refractivity (Wildman–Crippen MR) is 82.2 cm³/mol. The summed E-state index contributed by atoms with van der Waals surface area (Å²) < 4.78 is 20.0. The maximum atomic E-state index is 13.1. The molecule has 0 aliphatic rings. The quantitative estimate of drug-likeness (QED) is 0.905. The molecule has 0 radical (unpaired) electrons. The van der Waals surface area contributed by atoms with E-state index >= 15 is 0 Å². The van der Waals surface area contributed by atoms with Gasteiger partial charge in [-0.05, 0) is 60.4 Å². The number of nitrogens with two attached hydrogens (primary N) is 1. The smallest absolute Gasteiger partial charge is 0.123 e. The van der Waals surface area contributed by atoms with Crippen molar-refractivity contribution in [1.82, 2.24) is 0 Å². The minimum atomic E-state index is -0.274. The van der Waals surface area contributed by atoms with Crippen LogP contribution in [0.2, 0.25) is 0 Å². The molecule has 0 bridgehead atoms. The van der Waals surface area contributed by atoms with Crippen molar-refractivity contribution in [2.45, 2.75) is 27.0 Å².